The number of unbranched alkanes of at least 4 members (excludes halogenated alkanes) is 3. The quantitative estimate of drug-likeness (QED) is 0.554. The number of hydrogen-bond acceptors (Lipinski definition) is 3. The van der Waals surface area contributed by atoms with Gasteiger partial charge in [0.05, 0.1) is 0 Å². The molecule has 2 aromatic rings. The Labute approximate surface area is 137 Å². The van der Waals surface area contributed by atoms with Crippen LogP contribution < -0.4 is 4.74 Å². The highest BCUT2D eigenvalue weighted by Gasteiger charge is 2.17. The van der Waals surface area contributed by atoms with E-state index in [4.69, 9.17) is 4.74 Å². The summed E-state index contributed by atoms with van der Waals surface area (Å²) >= 11 is 0. The Balaban J connectivity index is 2.21. The summed E-state index contributed by atoms with van der Waals surface area (Å²) in [6.45, 7) is 2.17. The van der Waals surface area contributed by atoms with Crippen LogP contribution in [0.1, 0.15) is 38.2 Å². The number of ether oxygens (including phenoxy) is 1. The molecule has 1 N–H and O–H groups in total. The van der Waals surface area contributed by atoms with Gasteiger partial charge in [-0.05, 0) is 36.6 Å². The second kappa shape index (κ2) is 8.13. The predicted octanol–water partition coefficient (Wildman–Crippen LogP) is 4.85. The van der Waals surface area contributed by atoms with Crippen LogP contribution in [0, 0.1) is 0 Å². The molecule has 0 bridgehead atoms. The van der Waals surface area contributed by atoms with Gasteiger partial charge in [0.1, 0.15) is 16.4 Å². The zero-order valence-corrected chi connectivity index (χ0v) is 14.1. The molecule has 0 heterocycles. The van der Waals surface area contributed by atoms with Crippen molar-refractivity contribution in [1.29, 1.82) is 0 Å². The Morgan fingerprint density at radius 3 is 2.26 bits per heavy atom. The van der Waals surface area contributed by atoms with Gasteiger partial charge < -0.3 is 4.74 Å². The van der Waals surface area contributed by atoms with Gasteiger partial charge in [0.2, 0.25) is 0 Å². The summed E-state index contributed by atoms with van der Waals surface area (Å²) in [5.41, 5.74) is 1.04. The molecule has 2 aromatic carbocycles. The first-order valence-electron chi connectivity index (χ1n) is 7.84. The van der Waals surface area contributed by atoms with E-state index in [1.165, 1.54) is 25.0 Å². The normalized spacial score (nSPS) is 11.4. The first kappa shape index (κ1) is 17.5. The van der Waals surface area contributed by atoms with Crippen LogP contribution in [-0.4, -0.2) is 13.0 Å². The molecule has 0 saturated carbocycles. The molecular weight excluding hydrogens is 312 g/mol. The zero-order valence-electron chi connectivity index (χ0n) is 13.2. The summed E-state index contributed by atoms with van der Waals surface area (Å²) in [6.07, 6.45) is 5.49. The first-order chi connectivity index (χ1) is 11.0. The van der Waals surface area contributed by atoms with Crippen molar-refractivity contribution in [2.45, 2.75) is 43.9 Å². The van der Waals surface area contributed by atoms with Crippen molar-refractivity contribution in [3.63, 3.8) is 0 Å². The molecule has 0 unspecified atom stereocenters. The standard InChI is InChI=1S/C18H22O4S/c1-2-3-4-5-10-15-11-6-7-12-16(15)22-17-13-8-9-14-18(17)23(19,20)21/h6-9,11-14H,2-5,10H2,1H3,(H,19,20,21). The highest BCUT2D eigenvalue weighted by molar-refractivity contribution is 7.86. The Morgan fingerprint density at radius 2 is 1.57 bits per heavy atom. The van der Waals surface area contributed by atoms with Crippen LogP contribution in [0.3, 0.4) is 0 Å². The van der Waals surface area contributed by atoms with Crippen LogP contribution in [0.4, 0.5) is 0 Å². The third kappa shape index (κ3) is 5.08. The Bertz CT molecular complexity index is 738. The van der Waals surface area contributed by atoms with E-state index in [1.807, 2.05) is 24.3 Å². The minimum absolute atomic E-state index is 0.135. The van der Waals surface area contributed by atoms with Gasteiger partial charge in [-0.15, -0.1) is 0 Å². The van der Waals surface area contributed by atoms with Gasteiger partial charge >= 0.3 is 0 Å². The van der Waals surface area contributed by atoms with Gasteiger partial charge in [-0.2, -0.15) is 8.42 Å². The molecule has 0 aromatic heterocycles. The molecule has 0 radical (unpaired) electrons. The third-order valence-corrected chi connectivity index (χ3v) is 4.51. The highest BCUT2D eigenvalue weighted by atomic mass is 32.2. The van der Waals surface area contributed by atoms with Crippen LogP contribution in [0.15, 0.2) is 53.4 Å². The van der Waals surface area contributed by atoms with E-state index in [2.05, 4.69) is 6.92 Å². The van der Waals surface area contributed by atoms with E-state index < -0.39 is 10.1 Å². The average molecular weight is 334 g/mol. The first-order valence-corrected chi connectivity index (χ1v) is 9.28. The lowest BCUT2D eigenvalue weighted by Crippen LogP contribution is -2.01. The molecule has 124 valence electrons. The summed E-state index contributed by atoms with van der Waals surface area (Å²) in [4.78, 5) is -0.221. The molecular formula is C18H22O4S. The topological polar surface area (TPSA) is 63.6 Å². The molecule has 0 aliphatic heterocycles. The molecule has 0 saturated heterocycles. The van der Waals surface area contributed by atoms with Crippen LogP contribution in [0.25, 0.3) is 0 Å². The molecule has 0 atom stereocenters. The molecule has 0 amide bonds. The fourth-order valence-corrected chi connectivity index (χ4v) is 3.03. The molecule has 0 fully saturated rings. The summed E-state index contributed by atoms with van der Waals surface area (Å²) in [7, 11) is -4.32. The van der Waals surface area contributed by atoms with Gasteiger partial charge in [-0.1, -0.05) is 56.5 Å². The Hall–Kier alpha value is -1.85. The number of aryl methyl sites for hydroxylation is 1. The molecule has 5 heteroatoms. The van der Waals surface area contributed by atoms with Crippen LogP contribution in [0.2, 0.25) is 0 Å². The van der Waals surface area contributed by atoms with E-state index in [0.717, 1.165) is 24.8 Å². The van der Waals surface area contributed by atoms with Crippen molar-refractivity contribution in [2.24, 2.45) is 0 Å². The molecule has 0 aliphatic rings. The lowest BCUT2D eigenvalue weighted by atomic mass is 10.1. The van der Waals surface area contributed by atoms with Crippen molar-refractivity contribution < 1.29 is 17.7 Å². The second-order valence-corrected chi connectivity index (χ2v) is 6.83. The fraction of sp³-hybridized carbons (Fsp3) is 0.333. The summed E-state index contributed by atoms with van der Waals surface area (Å²) in [6, 6.07) is 13.7. The van der Waals surface area contributed by atoms with Crippen molar-refractivity contribution >= 4 is 10.1 Å². The lowest BCUT2D eigenvalue weighted by Gasteiger charge is -2.13. The van der Waals surface area contributed by atoms with Crippen LogP contribution >= 0.6 is 0 Å². The maximum atomic E-state index is 11.4. The Kier molecular flexibility index (Phi) is 6.19. The largest absolute Gasteiger partial charge is 0.456 e. The summed E-state index contributed by atoms with van der Waals surface area (Å²) in [5.74, 6) is 0.760. The minimum Gasteiger partial charge on any atom is -0.456 e. The molecule has 0 spiro atoms. The number of para-hydroxylation sites is 2. The minimum atomic E-state index is -4.32. The van der Waals surface area contributed by atoms with Crippen molar-refractivity contribution in [3.8, 4) is 11.5 Å². The van der Waals surface area contributed by atoms with E-state index in [1.54, 1.807) is 12.1 Å². The van der Waals surface area contributed by atoms with Gasteiger partial charge in [-0.25, -0.2) is 0 Å². The molecule has 4 nitrogen and oxygen atoms in total. The smallest absolute Gasteiger partial charge is 0.298 e. The van der Waals surface area contributed by atoms with Gasteiger partial charge in [0.25, 0.3) is 10.1 Å². The van der Waals surface area contributed by atoms with Crippen LogP contribution in [0.5, 0.6) is 11.5 Å². The summed E-state index contributed by atoms with van der Waals surface area (Å²) < 4.78 is 38.0. The highest BCUT2D eigenvalue weighted by Crippen LogP contribution is 2.31. The van der Waals surface area contributed by atoms with Crippen molar-refractivity contribution in [3.05, 3.63) is 54.1 Å². The van der Waals surface area contributed by atoms with Crippen molar-refractivity contribution in [2.75, 3.05) is 0 Å². The zero-order chi connectivity index (χ0) is 16.7. The van der Waals surface area contributed by atoms with E-state index >= 15 is 0 Å². The van der Waals surface area contributed by atoms with E-state index in [0.29, 0.717) is 5.75 Å². The van der Waals surface area contributed by atoms with Crippen LogP contribution in [-0.2, 0) is 16.5 Å². The second-order valence-electron chi connectivity index (χ2n) is 5.44. The fourth-order valence-electron chi connectivity index (χ4n) is 2.42. The number of hydrogen-bond donors (Lipinski definition) is 1. The molecule has 2 rings (SSSR count). The van der Waals surface area contributed by atoms with E-state index in [9.17, 15) is 13.0 Å². The molecule has 23 heavy (non-hydrogen) atoms. The predicted molar refractivity (Wildman–Crippen MR) is 90.6 cm³/mol. The lowest BCUT2D eigenvalue weighted by molar-refractivity contribution is 0.445. The third-order valence-electron chi connectivity index (χ3n) is 3.62. The SMILES string of the molecule is CCCCCCc1ccccc1Oc1ccccc1S(=O)(=O)O. The monoisotopic (exact) mass is 334 g/mol. The average Bonchev–Trinajstić information content (AvgIpc) is 2.52. The van der Waals surface area contributed by atoms with Gasteiger partial charge in [-0.3, -0.25) is 4.55 Å². The van der Waals surface area contributed by atoms with Gasteiger partial charge in [0, 0.05) is 0 Å². The maximum absolute atomic E-state index is 11.4. The Morgan fingerprint density at radius 1 is 0.913 bits per heavy atom. The number of benzene rings is 2. The number of rotatable bonds is 8. The van der Waals surface area contributed by atoms with Gasteiger partial charge in [0.15, 0.2) is 0 Å². The summed E-state index contributed by atoms with van der Waals surface area (Å²) in [5, 5.41) is 0. The maximum Gasteiger partial charge on any atom is 0.298 e. The van der Waals surface area contributed by atoms with Crippen molar-refractivity contribution in [1.82, 2.24) is 0 Å². The molecule has 0 aliphatic carbocycles. The van der Waals surface area contributed by atoms with E-state index in [-0.39, 0.29) is 10.6 Å².